The van der Waals surface area contributed by atoms with Gasteiger partial charge < -0.3 is 4.74 Å². The molecule has 0 aliphatic carbocycles. The van der Waals surface area contributed by atoms with E-state index in [0.29, 0.717) is 5.02 Å². The minimum atomic E-state index is -3.70. The molecular weight excluding hydrogens is 338 g/mol. The second kappa shape index (κ2) is 7.12. The van der Waals surface area contributed by atoms with Gasteiger partial charge in [0.05, 0.1) is 17.6 Å². The number of benzene rings is 2. The Balaban J connectivity index is 2.18. The molecule has 1 unspecified atom stereocenters. The van der Waals surface area contributed by atoms with Gasteiger partial charge in [-0.1, -0.05) is 23.7 Å². The minimum absolute atomic E-state index is 0.0750. The van der Waals surface area contributed by atoms with Crippen molar-refractivity contribution in [3.8, 4) is 0 Å². The zero-order valence-corrected chi connectivity index (χ0v) is 14.2. The summed E-state index contributed by atoms with van der Waals surface area (Å²) < 4.78 is 31.9. The number of hydrogen-bond donors (Lipinski definition) is 1. The topological polar surface area (TPSA) is 72.5 Å². The zero-order chi connectivity index (χ0) is 17.0. The van der Waals surface area contributed by atoms with Gasteiger partial charge in [0.2, 0.25) is 10.0 Å². The Morgan fingerprint density at radius 3 is 2.17 bits per heavy atom. The number of ether oxygens (including phenoxy) is 1. The third-order valence-electron chi connectivity index (χ3n) is 3.29. The number of sulfonamides is 1. The van der Waals surface area contributed by atoms with Crippen LogP contribution in [0.5, 0.6) is 0 Å². The fourth-order valence-corrected chi connectivity index (χ4v) is 3.37. The Labute approximate surface area is 140 Å². The third-order valence-corrected chi connectivity index (χ3v) is 5.10. The van der Waals surface area contributed by atoms with Crippen molar-refractivity contribution < 1.29 is 17.9 Å². The van der Waals surface area contributed by atoms with E-state index < -0.39 is 22.0 Å². The highest BCUT2D eigenvalue weighted by Gasteiger charge is 2.19. The first-order valence-corrected chi connectivity index (χ1v) is 8.66. The summed E-state index contributed by atoms with van der Waals surface area (Å²) in [5, 5.41) is 0.585. The number of methoxy groups -OCH3 is 1. The molecule has 2 rings (SSSR count). The van der Waals surface area contributed by atoms with Gasteiger partial charge in [-0.3, -0.25) is 0 Å². The highest BCUT2D eigenvalue weighted by molar-refractivity contribution is 7.89. The average Bonchev–Trinajstić information content (AvgIpc) is 2.54. The number of halogens is 1. The van der Waals surface area contributed by atoms with Crippen LogP contribution in [0.4, 0.5) is 0 Å². The monoisotopic (exact) mass is 353 g/mol. The summed E-state index contributed by atoms with van der Waals surface area (Å²) in [6, 6.07) is 12.1. The van der Waals surface area contributed by atoms with Gasteiger partial charge in [-0.05, 0) is 48.9 Å². The maximum atomic E-state index is 12.4. The first-order chi connectivity index (χ1) is 10.8. The standard InChI is InChI=1S/C16H16ClNO4S/c1-11(12-3-7-14(17)8-4-12)18-23(20,21)15-9-5-13(6-10-15)16(19)22-2/h3-11,18H,1-2H3. The van der Waals surface area contributed by atoms with E-state index in [-0.39, 0.29) is 10.5 Å². The van der Waals surface area contributed by atoms with Crippen molar-refractivity contribution in [2.45, 2.75) is 17.9 Å². The van der Waals surface area contributed by atoms with Crippen LogP contribution in [-0.2, 0) is 14.8 Å². The molecule has 7 heteroatoms. The Morgan fingerprint density at radius 2 is 1.65 bits per heavy atom. The molecule has 0 amide bonds. The Kier molecular flexibility index (Phi) is 5.41. The van der Waals surface area contributed by atoms with Crippen LogP contribution in [0.2, 0.25) is 5.02 Å². The fourth-order valence-electron chi connectivity index (χ4n) is 2.01. The zero-order valence-electron chi connectivity index (χ0n) is 12.6. The van der Waals surface area contributed by atoms with E-state index in [9.17, 15) is 13.2 Å². The highest BCUT2D eigenvalue weighted by Crippen LogP contribution is 2.19. The van der Waals surface area contributed by atoms with Crippen molar-refractivity contribution in [3.05, 3.63) is 64.7 Å². The molecule has 0 fully saturated rings. The maximum absolute atomic E-state index is 12.4. The summed E-state index contributed by atoms with van der Waals surface area (Å²) in [6.45, 7) is 1.74. The molecule has 0 aromatic heterocycles. The lowest BCUT2D eigenvalue weighted by Crippen LogP contribution is -2.26. The molecule has 5 nitrogen and oxygen atoms in total. The smallest absolute Gasteiger partial charge is 0.337 e. The first kappa shape index (κ1) is 17.5. The van der Waals surface area contributed by atoms with Gasteiger partial charge in [0, 0.05) is 11.1 Å². The number of carbonyl (C=O) groups is 1. The van der Waals surface area contributed by atoms with E-state index >= 15 is 0 Å². The summed E-state index contributed by atoms with van der Waals surface area (Å²) in [5.41, 5.74) is 1.08. The molecule has 23 heavy (non-hydrogen) atoms. The van der Waals surface area contributed by atoms with E-state index in [4.69, 9.17) is 11.6 Å². The average molecular weight is 354 g/mol. The van der Waals surface area contributed by atoms with Gasteiger partial charge >= 0.3 is 5.97 Å². The van der Waals surface area contributed by atoms with E-state index in [2.05, 4.69) is 9.46 Å². The van der Waals surface area contributed by atoms with Crippen molar-refractivity contribution in [2.24, 2.45) is 0 Å². The maximum Gasteiger partial charge on any atom is 0.337 e. The largest absolute Gasteiger partial charge is 0.465 e. The molecular formula is C16H16ClNO4S. The molecule has 1 N–H and O–H groups in total. The Bertz CT molecular complexity index is 786. The molecule has 0 heterocycles. The van der Waals surface area contributed by atoms with Crippen LogP contribution in [0, 0.1) is 0 Å². The molecule has 0 spiro atoms. The van der Waals surface area contributed by atoms with Crippen LogP contribution in [0.25, 0.3) is 0 Å². The Morgan fingerprint density at radius 1 is 1.09 bits per heavy atom. The number of hydrogen-bond acceptors (Lipinski definition) is 4. The summed E-state index contributed by atoms with van der Waals surface area (Å²) in [5.74, 6) is -0.517. The summed E-state index contributed by atoms with van der Waals surface area (Å²) in [6.07, 6.45) is 0. The lowest BCUT2D eigenvalue weighted by Gasteiger charge is -2.15. The van der Waals surface area contributed by atoms with Gasteiger partial charge in [-0.25, -0.2) is 17.9 Å². The summed E-state index contributed by atoms with van der Waals surface area (Å²) in [4.78, 5) is 11.4. The third kappa shape index (κ3) is 4.31. The number of nitrogens with one attached hydrogen (secondary N) is 1. The molecule has 0 aliphatic heterocycles. The fraction of sp³-hybridized carbons (Fsp3) is 0.188. The predicted octanol–water partition coefficient (Wildman–Crippen LogP) is 3.17. The van der Waals surface area contributed by atoms with Crippen LogP contribution in [0.3, 0.4) is 0 Å². The van der Waals surface area contributed by atoms with E-state index in [0.717, 1.165) is 5.56 Å². The molecule has 122 valence electrons. The van der Waals surface area contributed by atoms with Crippen molar-refractivity contribution in [1.29, 1.82) is 0 Å². The van der Waals surface area contributed by atoms with E-state index in [1.165, 1.54) is 31.4 Å². The van der Waals surface area contributed by atoms with Crippen LogP contribution >= 0.6 is 11.6 Å². The Hall–Kier alpha value is -1.89. The van der Waals surface area contributed by atoms with Gasteiger partial charge in [-0.2, -0.15) is 0 Å². The molecule has 0 radical (unpaired) electrons. The second-order valence-corrected chi connectivity index (χ2v) is 7.06. The summed E-state index contributed by atoms with van der Waals surface area (Å²) in [7, 11) is -2.44. The van der Waals surface area contributed by atoms with Crippen molar-refractivity contribution in [1.82, 2.24) is 4.72 Å². The lowest BCUT2D eigenvalue weighted by molar-refractivity contribution is 0.0600. The normalized spacial score (nSPS) is 12.7. The molecule has 0 bridgehead atoms. The predicted molar refractivity (Wildman–Crippen MR) is 88.0 cm³/mol. The van der Waals surface area contributed by atoms with Crippen LogP contribution < -0.4 is 4.72 Å². The number of carbonyl (C=O) groups excluding carboxylic acids is 1. The van der Waals surface area contributed by atoms with Crippen molar-refractivity contribution in [3.63, 3.8) is 0 Å². The van der Waals surface area contributed by atoms with Gasteiger partial charge in [0.15, 0.2) is 0 Å². The molecule has 0 saturated carbocycles. The molecule has 2 aromatic carbocycles. The van der Waals surface area contributed by atoms with E-state index in [1.54, 1.807) is 31.2 Å². The van der Waals surface area contributed by atoms with Crippen molar-refractivity contribution >= 4 is 27.6 Å². The molecule has 1 atom stereocenters. The molecule has 0 saturated heterocycles. The quantitative estimate of drug-likeness (QED) is 0.838. The second-order valence-electron chi connectivity index (χ2n) is 4.91. The number of esters is 1. The summed E-state index contributed by atoms with van der Waals surface area (Å²) >= 11 is 5.82. The molecule has 0 aliphatic rings. The number of rotatable bonds is 5. The highest BCUT2D eigenvalue weighted by atomic mass is 35.5. The van der Waals surface area contributed by atoms with E-state index in [1.807, 2.05) is 0 Å². The van der Waals surface area contributed by atoms with Gasteiger partial charge in [-0.15, -0.1) is 0 Å². The van der Waals surface area contributed by atoms with Crippen LogP contribution in [0.1, 0.15) is 28.9 Å². The van der Waals surface area contributed by atoms with Crippen molar-refractivity contribution in [2.75, 3.05) is 7.11 Å². The van der Waals surface area contributed by atoms with Gasteiger partial charge in [0.25, 0.3) is 0 Å². The van der Waals surface area contributed by atoms with Crippen LogP contribution in [-0.4, -0.2) is 21.5 Å². The minimum Gasteiger partial charge on any atom is -0.465 e. The van der Waals surface area contributed by atoms with Gasteiger partial charge in [0.1, 0.15) is 0 Å². The lowest BCUT2D eigenvalue weighted by atomic mass is 10.1. The first-order valence-electron chi connectivity index (χ1n) is 6.79. The molecule has 2 aromatic rings. The SMILES string of the molecule is COC(=O)c1ccc(S(=O)(=O)NC(C)c2ccc(Cl)cc2)cc1. The van der Waals surface area contributed by atoms with Crippen LogP contribution in [0.15, 0.2) is 53.4 Å².